The Morgan fingerprint density at radius 2 is 2.31 bits per heavy atom. The normalized spacial score (nSPS) is 19.3. The van der Waals surface area contributed by atoms with Gasteiger partial charge in [0.1, 0.15) is 6.34 Å². The van der Waals surface area contributed by atoms with Crippen molar-refractivity contribution in [2.45, 2.75) is 13.0 Å². The number of anilines is 2. The number of hydrogen-bond acceptors (Lipinski definition) is 8. The summed E-state index contributed by atoms with van der Waals surface area (Å²) >= 11 is -0.303. The van der Waals surface area contributed by atoms with E-state index < -0.39 is 0 Å². The molecular formula is C26H27IN7O2-. The van der Waals surface area contributed by atoms with Crippen molar-refractivity contribution < 1.29 is 30.7 Å². The molecule has 186 valence electrons. The average molecular weight is 596 g/mol. The molecule has 1 aromatic carbocycles. The average Bonchev–Trinajstić information content (AvgIpc) is 3.14. The van der Waals surface area contributed by atoms with E-state index in [1.165, 1.54) is 6.21 Å². The number of halogens is 1. The third-order valence-electron chi connectivity index (χ3n) is 5.96. The molecule has 0 spiro atoms. The van der Waals surface area contributed by atoms with Crippen molar-refractivity contribution in [3.63, 3.8) is 0 Å². The third kappa shape index (κ3) is 5.19. The van der Waals surface area contributed by atoms with Crippen molar-refractivity contribution >= 4 is 33.9 Å². The van der Waals surface area contributed by atoms with Gasteiger partial charge in [-0.05, 0) is 0 Å². The molecule has 3 N–H and O–H groups in total. The van der Waals surface area contributed by atoms with Gasteiger partial charge < -0.3 is 0 Å². The molecule has 2 fully saturated rings. The molecule has 3 aliphatic heterocycles. The molecule has 2 aromatic rings. The Bertz CT molecular complexity index is 1400. The van der Waals surface area contributed by atoms with Gasteiger partial charge >= 0.3 is 191 Å². The van der Waals surface area contributed by atoms with Crippen molar-refractivity contribution in [1.82, 2.24) is 20.2 Å². The SMILES string of the molecule is C=C/C(=C\C=NC=N)Oc1ccc(Nc2ncnc3c2=C2OC[C@H]4CN(CCN4)C2=C[I-]C=3)cc1C. The second-order valence-electron chi connectivity index (χ2n) is 8.36. The monoisotopic (exact) mass is 596 g/mol. The van der Waals surface area contributed by atoms with Gasteiger partial charge in [-0.2, -0.15) is 0 Å². The number of fused-ring (bicyclic) bond motifs is 5. The Balaban J connectivity index is 1.48. The van der Waals surface area contributed by atoms with E-state index in [1.54, 1.807) is 18.5 Å². The van der Waals surface area contributed by atoms with Crippen LogP contribution >= 0.6 is 0 Å². The molecule has 10 heteroatoms. The first-order chi connectivity index (χ1) is 17.7. The van der Waals surface area contributed by atoms with Crippen LogP contribution in [0.3, 0.4) is 0 Å². The second kappa shape index (κ2) is 11.0. The van der Waals surface area contributed by atoms with Crippen LogP contribution in [0.25, 0.3) is 9.84 Å². The van der Waals surface area contributed by atoms with E-state index in [1.807, 2.05) is 25.1 Å². The molecule has 36 heavy (non-hydrogen) atoms. The number of nitrogens with one attached hydrogen (secondary N) is 3. The molecule has 0 saturated carbocycles. The molecular weight excluding hydrogens is 569 g/mol. The maximum absolute atomic E-state index is 6.98. The standard InChI is InChI=1S/C26H27IN7O2/c1-3-20(6-7-29-15-28)36-23-5-4-18(10-17(23)2)33-26-24-21(31-16-32-26)11-27-12-22-25(24)35-14-19-13-34(22)9-8-30-19/h3-7,10-12,15-16,19,28,30H,1,8-9,13-14H2,2H3,(H,31,32,33)/q-1/b20-6+,28-15?,29-7?/t19-/m1/s1. The zero-order valence-corrected chi connectivity index (χ0v) is 22.0. The molecule has 3 aliphatic rings. The van der Waals surface area contributed by atoms with E-state index in [4.69, 9.17) is 14.9 Å². The minimum absolute atomic E-state index is 0.303. The van der Waals surface area contributed by atoms with E-state index in [9.17, 15) is 0 Å². The Morgan fingerprint density at radius 3 is 3.14 bits per heavy atom. The molecule has 5 rings (SSSR count). The predicted molar refractivity (Wildman–Crippen MR) is 137 cm³/mol. The van der Waals surface area contributed by atoms with E-state index in [0.717, 1.165) is 65.1 Å². The molecule has 0 radical (unpaired) electrons. The van der Waals surface area contributed by atoms with Gasteiger partial charge in [-0.3, -0.25) is 5.41 Å². The fourth-order valence-electron chi connectivity index (χ4n) is 4.24. The summed E-state index contributed by atoms with van der Waals surface area (Å²) in [5.41, 5.74) is 2.99. The summed E-state index contributed by atoms with van der Waals surface area (Å²) in [6.45, 7) is 9.24. The first kappa shape index (κ1) is 24.2. The van der Waals surface area contributed by atoms with Crippen LogP contribution in [-0.2, 0) is 4.74 Å². The first-order valence-electron chi connectivity index (χ1n) is 11.6. The van der Waals surface area contributed by atoms with Crippen LogP contribution in [0.5, 0.6) is 5.75 Å². The summed E-state index contributed by atoms with van der Waals surface area (Å²) in [4.78, 5) is 15.4. The van der Waals surface area contributed by atoms with Crippen LogP contribution in [0.2, 0.25) is 0 Å². The van der Waals surface area contributed by atoms with Gasteiger partial charge in [-0.15, -0.1) is 0 Å². The number of piperazine rings is 1. The molecule has 0 unspecified atom stereocenters. The van der Waals surface area contributed by atoms with Crippen LogP contribution < -0.4 is 47.1 Å². The molecule has 1 atom stereocenters. The number of nitrogens with zero attached hydrogens (tertiary/aromatic N) is 4. The van der Waals surface area contributed by atoms with E-state index in [-0.39, 0.29) is 21.2 Å². The molecule has 0 amide bonds. The Kier molecular flexibility index (Phi) is 7.42. The molecule has 1 aromatic heterocycles. The molecule has 4 heterocycles. The predicted octanol–water partition coefficient (Wildman–Crippen LogP) is -1.25. The zero-order chi connectivity index (χ0) is 24.9. The van der Waals surface area contributed by atoms with E-state index in [2.05, 4.69) is 45.2 Å². The number of aliphatic imine (C=N–C) groups is 1. The number of benzene rings is 1. The number of hydrogen-bond donors (Lipinski definition) is 3. The van der Waals surface area contributed by atoms with Gasteiger partial charge in [-0.1, -0.05) is 6.58 Å². The summed E-state index contributed by atoms with van der Waals surface area (Å²) in [5.74, 6) is 2.82. The number of aromatic nitrogens is 2. The summed E-state index contributed by atoms with van der Waals surface area (Å²) in [5, 5.41) is 15.8. The van der Waals surface area contributed by atoms with Gasteiger partial charge in [0.25, 0.3) is 0 Å². The van der Waals surface area contributed by atoms with Crippen LogP contribution in [-0.4, -0.2) is 59.7 Å². The van der Waals surface area contributed by atoms with Gasteiger partial charge in [0.2, 0.25) is 0 Å². The van der Waals surface area contributed by atoms with Crippen molar-refractivity contribution in [2.24, 2.45) is 4.99 Å². The molecule has 0 aliphatic carbocycles. The summed E-state index contributed by atoms with van der Waals surface area (Å²) in [6.07, 6.45) is 7.32. The minimum atomic E-state index is -0.303. The number of aryl methyl sites for hydroxylation is 1. The number of allylic oxidation sites excluding steroid dienone is 2. The van der Waals surface area contributed by atoms with Crippen molar-refractivity contribution in [3.05, 3.63) is 74.9 Å². The summed E-state index contributed by atoms with van der Waals surface area (Å²) in [7, 11) is 0. The fourth-order valence-corrected chi connectivity index (χ4v) is 6.25. The van der Waals surface area contributed by atoms with Crippen LogP contribution in [0.4, 0.5) is 11.5 Å². The Labute approximate surface area is 219 Å². The molecule has 9 nitrogen and oxygen atoms in total. The van der Waals surface area contributed by atoms with Gasteiger partial charge in [0.15, 0.2) is 0 Å². The Hall–Kier alpha value is -3.51. The number of ether oxygens (including phenoxy) is 2. The topological polar surface area (TPSA) is 108 Å². The van der Waals surface area contributed by atoms with Gasteiger partial charge in [0, 0.05) is 6.21 Å². The van der Waals surface area contributed by atoms with Crippen molar-refractivity contribution in [1.29, 1.82) is 5.41 Å². The third-order valence-corrected chi connectivity index (χ3v) is 7.86. The number of rotatable bonds is 7. The van der Waals surface area contributed by atoms with Gasteiger partial charge in [-0.25, -0.2) is 4.99 Å². The second-order valence-corrected chi connectivity index (χ2v) is 10.3. The van der Waals surface area contributed by atoms with Crippen molar-refractivity contribution in [3.8, 4) is 5.75 Å². The molecule has 2 bridgehead atoms. The van der Waals surface area contributed by atoms with Crippen molar-refractivity contribution in [2.75, 3.05) is 31.6 Å². The Morgan fingerprint density at radius 1 is 1.39 bits per heavy atom. The van der Waals surface area contributed by atoms with Crippen LogP contribution in [0.1, 0.15) is 5.56 Å². The summed E-state index contributed by atoms with van der Waals surface area (Å²) in [6, 6.07) is 6.18. The van der Waals surface area contributed by atoms with Gasteiger partial charge in [0.05, 0.1) is 0 Å². The first-order valence-corrected chi connectivity index (χ1v) is 14.0. The fraction of sp³-hybridized carbons (Fsp3) is 0.231. The van der Waals surface area contributed by atoms with E-state index >= 15 is 0 Å². The quantitative estimate of drug-likeness (QED) is 0.121. The van der Waals surface area contributed by atoms with Crippen LogP contribution in [0, 0.1) is 12.3 Å². The zero-order valence-electron chi connectivity index (χ0n) is 19.9. The van der Waals surface area contributed by atoms with Crippen LogP contribution in [0.15, 0.2) is 63.8 Å². The molecule has 2 saturated heterocycles. The summed E-state index contributed by atoms with van der Waals surface area (Å²) < 4.78 is 16.9. The maximum atomic E-state index is 6.98. The van der Waals surface area contributed by atoms with E-state index in [0.29, 0.717) is 24.2 Å².